The van der Waals surface area contributed by atoms with Gasteiger partial charge in [-0.1, -0.05) is 118 Å². The summed E-state index contributed by atoms with van der Waals surface area (Å²) < 4.78 is 17.8. The number of anilines is 1. The van der Waals surface area contributed by atoms with E-state index in [-0.39, 0.29) is 124 Å². The normalized spacial score (nSPS) is 17.1. The molecule has 0 saturated carbocycles. The number of ether oxygens (including phenoxy) is 3. The monoisotopic (exact) mass is 1230 g/mol. The number of ketones is 3. The van der Waals surface area contributed by atoms with Crippen LogP contribution in [-0.2, 0) is 59.2 Å². The number of methoxy groups -OCH3 is 2. The van der Waals surface area contributed by atoms with Crippen LogP contribution in [0.25, 0.3) is 0 Å². The van der Waals surface area contributed by atoms with Crippen LogP contribution in [0.2, 0.25) is 0 Å². The number of amides is 7. The summed E-state index contributed by atoms with van der Waals surface area (Å²) in [5, 5.41) is 28.0. The Kier molecular flexibility index (Phi) is 32.0. The number of nitrogens with two attached hydrogens (primary N) is 1. The van der Waals surface area contributed by atoms with E-state index in [1.54, 1.807) is 75.9 Å². The van der Waals surface area contributed by atoms with Crippen LogP contribution < -0.4 is 21.7 Å². The SMILES string of the molecule is CC[C@H](C)[C@@H]([C@@H](CC(=O)N1CCC[C@H]1[C@H](OC)[C@@H](C)C(=O)C[C@H](C)[C@@H](O)c1ccccc1)OC)N(C)C(=O)[C@@H](CC(=O)[C@H](C(C)C)N(C)C(=O)OCc1ccc(NC(=O)[C@H](CCCNC(N)=O)CC(=O)[C@@H](NC(=O)CCCC(=O)O)C(C)C)cc1)C(C)C. The van der Waals surface area contributed by atoms with Crippen LogP contribution >= 0.6 is 0 Å². The summed E-state index contributed by atoms with van der Waals surface area (Å²) in [4.78, 5) is 138. The molecule has 0 aromatic heterocycles. The second-order valence-electron chi connectivity index (χ2n) is 25.0. The van der Waals surface area contributed by atoms with Crippen molar-refractivity contribution in [3.63, 3.8) is 0 Å². The number of nitrogens with one attached hydrogen (secondary N) is 3. The maximum atomic E-state index is 14.8. The largest absolute Gasteiger partial charge is 0.481 e. The average molecular weight is 1230 g/mol. The predicted octanol–water partition coefficient (Wildman–Crippen LogP) is 8.12. The molecule has 492 valence electrons. The molecule has 1 saturated heterocycles. The highest BCUT2D eigenvalue weighted by Gasteiger charge is 2.44. The van der Waals surface area contributed by atoms with Crippen molar-refractivity contribution in [2.75, 3.05) is 46.7 Å². The Bertz CT molecular complexity index is 2600. The Morgan fingerprint density at radius 2 is 1.39 bits per heavy atom. The van der Waals surface area contributed by atoms with Crippen molar-refractivity contribution < 1.29 is 72.4 Å². The van der Waals surface area contributed by atoms with E-state index in [0.29, 0.717) is 43.5 Å². The first-order chi connectivity index (χ1) is 41.5. The molecule has 3 rings (SSSR count). The van der Waals surface area contributed by atoms with Crippen molar-refractivity contribution in [1.29, 1.82) is 0 Å². The number of carbonyl (C=O) groups is 10. The van der Waals surface area contributed by atoms with Crippen molar-refractivity contribution in [1.82, 2.24) is 25.3 Å². The number of aliphatic hydroxyl groups is 1. The fraction of sp³-hybridized carbons (Fsp3) is 0.667. The maximum Gasteiger partial charge on any atom is 0.410 e. The first-order valence-electron chi connectivity index (χ1n) is 31.3. The zero-order valence-electron chi connectivity index (χ0n) is 54.6. The number of likely N-dealkylation sites (tertiary alicyclic amines) is 1. The number of nitrogens with zero attached hydrogens (tertiary/aromatic N) is 3. The number of rotatable bonds is 39. The van der Waals surface area contributed by atoms with E-state index < -0.39 is 89.9 Å². The zero-order chi connectivity index (χ0) is 66.1. The number of hydrogen-bond donors (Lipinski definition) is 6. The van der Waals surface area contributed by atoms with Gasteiger partial charge in [0.05, 0.1) is 48.9 Å². The summed E-state index contributed by atoms with van der Waals surface area (Å²) in [6.45, 7) is 18.9. The molecule has 2 aromatic carbocycles. The number of aliphatic hydroxyl groups excluding tert-OH is 1. The number of urea groups is 1. The summed E-state index contributed by atoms with van der Waals surface area (Å²) in [5.74, 6) is -7.04. The predicted molar refractivity (Wildman–Crippen MR) is 334 cm³/mol. The van der Waals surface area contributed by atoms with E-state index in [9.17, 15) is 53.1 Å². The van der Waals surface area contributed by atoms with Gasteiger partial charge in [0.25, 0.3) is 0 Å². The Balaban J connectivity index is 1.71. The van der Waals surface area contributed by atoms with Crippen LogP contribution in [0.5, 0.6) is 0 Å². The van der Waals surface area contributed by atoms with Crippen molar-refractivity contribution in [3.05, 3.63) is 65.7 Å². The van der Waals surface area contributed by atoms with Crippen molar-refractivity contribution >= 4 is 64.8 Å². The van der Waals surface area contributed by atoms with Gasteiger partial charge in [0, 0.05) is 96.9 Å². The molecule has 1 heterocycles. The molecule has 22 nitrogen and oxygen atoms in total. The molecule has 1 aliphatic rings. The lowest BCUT2D eigenvalue weighted by molar-refractivity contribution is -0.149. The highest BCUT2D eigenvalue weighted by molar-refractivity contribution is 5.97. The van der Waals surface area contributed by atoms with Crippen molar-refractivity contribution in [2.24, 2.45) is 53.1 Å². The lowest BCUT2D eigenvalue weighted by atomic mass is 9.83. The molecular weight excluding hydrogens is 1130 g/mol. The van der Waals surface area contributed by atoms with Crippen molar-refractivity contribution in [2.45, 2.75) is 195 Å². The minimum absolute atomic E-state index is 0.0535. The Morgan fingerprint density at radius 3 is 1.94 bits per heavy atom. The van der Waals surface area contributed by atoms with Crippen LogP contribution in [0.3, 0.4) is 0 Å². The molecule has 7 N–H and O–H groups in total. The Hall–Kier alpha value is -6.78. The van der Waals surface area contributed by atoms with E-state index in [1.165, 1.54) is 19.1 Å². The number of carbonyl (C=O) groups excluding carboxylic acids is 9. The number of aliphatic carboxylic acids is 1. The quantitative estimate of drug-likeness (QED) is 0.0344. The molecule has 88 heavy (non-hydrogen) atoms. The standard InChI is InChI=1S/C66H103N7O15/c1-15-42(8)60(54(86-13)37-56(78)73-33-21-25-50(73)62(87-14)44(10)51(74)34-43(9)61(81)46-22-17-16-18-23-46)71(11)64(83)49(39(2)3)36-53(76)59(41(6)7)72(12)66(85)88-38-45-28-30-48(31-29-45)69-63(82)47(24-20-32-68-65(67)84)35-52(75)58(40(4)5)70-55(77)26-19-27-57(79)80/h16-18,22-23,28-31,39-44,47,49-50,54,58-62,81H,15,19-21,24-27,32-38H2,1-14H3,(H,69,82)(H,70,77)(H,79,80)(H3,67,68,84)/t42-,43-,44-,47+,49-,50-,54+,58-,59-,60-,61+,62+/m0/s1. The number of benzene rings is 2. The van der Waals surface area contributed by atoms with E-state index >= 15 is 0 Å². The van der Waals surface area contributed by atoms with Gasteiger partial charge in [0.1, 0.15) is 12.4 Å². The number of carboxylic acids is 1. The molecule has 0 radical (unpaired) electrons. The molecule has 12 atom stereocenters. The van der Waals surface area contributed by atoms with Gasteiger partial charge >= 0.3 is 18.1 Å². The minimum atomic E-state index is -1.04. The summed E-state index contributed by atoms with van der Waals surface area (Å²) in [5.41, 5.74) is 6.88. The molecule has 1 aliphatic heterocycles. The molecule has 1 fully saturated rings. The average Bonchev–Trinajstić information content (AvgIpc) is 4.06. The second kappa shape index (κ2) is 37.3. The number of likely N-dealkylation sites (N-methyl/N-ethyl adjacent to an activating group) is 2. The minimum Gasteiger partial charge on any atom is -0.481 e. The molecular formula is C66H103N7O15. The molecule has 0 spiro atoms. The molecule has 22 heteroatoms. The van der Waals surface area contributed by atoms with Crippen molar-refractivity contribution in [3.8, 4) is 0 Å². The van der Waals surface area contributed by atoms with Crippen LogP contribution in [0.15, 0.2) is 54.6 Å². The first-order valence-corrected chi connectivity index (χ1v) is 31.3. The summed E-state index contributed by atoms with van der Waals surface area (Å²) >= 11 is 0. The van der Waals surface area contributed by atoms with E-state index in [1.807, 2.05) is 71.9 Å². The molecule has 2 aromatic rings. The van der Waals surface area contributed by atoms with Gasteiger partial charge in [0.15, 0.2) is 11.6 Å². The lowest BCUT2D eigenvalue weighted by Gasteiger charge is -2.41. The highest BCUT2D eigenvalue weighted by Crippen LogP contribution is 2.33. The van der Waals surface area contributed by atoms with E-state index in [2.05, 4.69) is 16.0 Å². The fourth-order valence-corrected chi connectivity index (χ4v) is 12.0. The molecule has 7 amide bonds. The molecule has 0 aliphatic carbocycles. The number of carboxylic acid groups (broad SMARTS) is 1. The lowest BCUT2D eigenvalue weighted by Crippen LogP contribution is -2.54. The number of Topliss-reactive ketones (excluding diaryl/α,β-unsaturated/α-hetero) is 3. The molecule has 0 bridgehead atoms. The zero-order valence-corrected chi connectivity index (χ0v) is 54.6. The summed E-state index contributed by atoms with van der Waals surface area (Å²) in [7, 11) is 6.23. The van der Waals surface area contributed by atoms with Gasteiger partial charge in [-0.3, -0.25) is 38.4 Å². The van der Waals surface area contributed by atoms with Gasteiger partial charge in [-0.2, -0.15) is 0 Å². The third-order valence-electron chi connectivity index (χ3n) is 17.3. The van der Waals surface area contributed by atoms with Crippen LogP contribution in [-0.4, -0.2) is 162 Å². The highest BCUT2D eigenvalue weighted by atomic mass is 16.6. The third-order valence-corrected chi connectivity index (χ3v) is 17.3. The van der Waals surface area contributed by atoms with Crippen LogP contribution in [0.4, 0.5) is 15.3 Å². The Labute approximate surface area is 521 Å². The topological polar surface area (TPSA) is 311 Å². The maximum absolute atomic E-state index is 14.8. The van der Waals surface area contributed by atoms with Crippen LogP contribution in [0.1, 0.15) is 164 Å². The summed E-state index contributed by atoms with van der Waals surface area (Å²) in [6.07, 6.45) is -0.973. The van der Waals surface area contributed by atoms with E-state index in [0.717, 1.165) is 5.56 Å². The van der Waals surface area contributed by atoms with Gasteiger partial charge in [-0.15, -0.1) is 0 Å². The number of primary amides is 1. The first kappa shape index (κ1) is 75.5. The van der Waals surface area contributed by atoms with Gasteiger partial charge in [-0.05, 0) is 85.0 Å². The summed E-state index contributed by atoms with van der Waals surface area (Å²) in [6, 6.07) is 12.1. The second-order valence-corrected chi connectivity index (χ2v) is 25.0. The van der Waals surface area contributed by atoms with Gasteiger partial charge in [0.2, 0.25) is 23.6 Å². The number of hydrogen-bond acceptors (Lipinski definition) is 14. The van der Waals surface area contributed by atoms with Crippen LogP contribution in [0, 0.1) is 47.3 Å². The van der Waals surface area contributed by atoms with Gasteiger partial charge in [-0.25, -0.2) is 9.59 Å². The Morgan fingerprint density at radius 1 is 0.739 bits per heavy atom. The smallest absolute Gasteiger partial charge is 0.410 e. The van der Waals surface area contributed by atoms with E-state index in [4.69, 9.17) is 25.1 Å². The van der Waals surface area contributed by atoms with Gasteiger partial charge < -0.3 is 60.8 Å². The molecule has 0 unspecified atom stereocenters. The third kappa shape index (κ3) is 23.0. The fourth-order valence-electron chi connectivity index (χ4n) is 12.0.